The molecule has 1 unspecified atom stereocenters. The Morgan fingerprint density at radius 1 is 1.29 bits per heavy atom. The maximum Gasteiger partial charge on any atom is 0.246 e. The van der Waals surface area contributed by atoms with E-state index in [1.807, 2.05) is 0 Å². The summed E-state index contributed by atoms with van der Waals surface area (Å²) >= 11 is 0. The van der Waals surface area contributed by atoms with Crippen molar-refractivity contribution in [3.05, 3.63) is 29.2 Å². The molecule has 2 aromatic heterocycles. The summed E-state index contributed by atoms with van der Waals surface area (Å²) in [5, 5.41) is 19.8. The van der Waals surface area contributed by atoms with Gasteiger partial charge < -0.3 is 10.6 Å². The van der Waals surface area contributed by atoms with Gasteiger partial charge in [-0.15, -0.1) is 0 Å². The summed E-state index contributed by atoms with van der Waals surface area (Å²) < 4.78 is 1.75. The van der Waals surface area contributed by atoms with E-state index in [0.29, 0.717) is 38.2 Å². The van der Waals surface area contributed by atoms with E-state index in [0.717, 1.165) is 23.3 Å². The van der Waals surface area contributed by atoms with Gasteiger partial charge in [-0.3, -0.25) is 14.5 Å². The van der Waals surface area contributed by atoms with E-state index in [4.69, 9.17) is 5.10 Å². The number of nitriles is 1. The third kappa shape index (κ3) is 4.12. The molecule has 2 amide bonds. The van der Waals surface area contributed by atoms with E-state index in [2.05, 4.69) is 47.4 Å². The SMILES string of the molecule is CC1NC(=O)C2(CCN(Cc3nn4ccc(C#N)nc4c3CC(C)(C)C)CC2)NC1=O. The minimum atomic E-state index is -0.809. The number of fused-ring (bicyclic) bond motifs is 1. The fourth-order valence-corrected chi connectivity index (χ4v) is 4.38. The van der Waals surface area contributed by atoms with Crippen LogP contribution in [0.15, 0.2) is 12.3 Å². The number of rotatable bonds is 3. The summed E-state index contributed by atoms with van der Waals surface area (Å²) in [4.78, 5) is 31.5. The van der Waals surface area contributed by atoms with Gasteiger partial charge in [0, 0.05) is 31.4 Å². The molecule has 0 radical (unpaired) electrons. The molecule has 0 aromatic carbocycles. The second-order valence-electron chi connectivity index (χ2n) is 9.90. The van der Waals surface area contributed by atoms with Gasteiger partial charge in [0.15, 0.2) is 5.65 Å². The largest absolute Gasteiger partial charge is 0.343 e. The monoisotopic (exact) mass is 423 g/mol. The van der Waals surface area contributed by atoms with Crippen LogP contribution in [0.25, 0.3) is 5.65 Å². The topological polar surface area (TPSA) is 115 Å². The predicted octanol–water partition coefficient (Wildman–Crippen LogP) is 1.16. The summed E-state index contributed by atoms with van der Waals surface area (Å²) in [6, 6.07) is 3.29. The Morgan fingerprint density at radius 2 is 2.00 bits per heavy atom. The van der Waals surface area contributed by atoms with E-state index >= 15 is 0 Å². The fraction of sp³-hybridized carbons (Fsp3) is 0.591. The molecule has 0 bridgehead atoms. The van der Waals surface area contributed by atoms with E-state index in [9.17, 15) is 14.9 Å². The molecule has 31 heavy (non-hydrogen) atoms. The predicted molar refractivity (Wildman–Crippen MR) is 114 cm³/mol. The Hall–Kier alpha value is -2.99. The highest BCUT2D eigenvalue weighted by atomic mass is 16.2. The maximum absolute atomic E-state index is 12.6. The molecular formula is C22H29N7O2. The van der Waals surface area contributed by atoms with Crippen molar-refractivity contribution in [3.8, 4) is 6.07 Å². The zero-order valence-corrected chi connectivity index (χ0v) is 18.5. The summed E-state index contributed by atoms with van der Waals surface area (Å²) in [6.45, 7) is 10.2. The van der Waals surface area contributed by atoms with Crippen LogP contribution in [-0.2, 0) is 22.6 Å². The number of likely N-dealkylation sites (tertiary alicyclic amines) is 1. The van der Waals surface area contributed by atoms with Crippen LogP contribution in [0, 0.1) is 16.7 Å². The number of amides is 2. The van der Waals surface area contributed by atoms with Gasteiger partial charge in [-0.05, 0) is 37.7 Å². The first kappa shape index (κ1) is 21.2. The van der Waals surface area contributed by atoms with Crippen LogP contribution in [0.1, 0.15) is 57.5 Å². The molecule has 9 heteroatoms. The van der Waals surface area contributed by atoms with Gasteiger partial charge in [0.25, 0.3) is 0 Å². The minimum Gasteiger partial charge on any atom is -0.343 e. The number of hydrogen-bond acceptors (Lipinski definition) is 6. The van der Waals surface area contributed by atoms with Crippen molar-refractivity contribution < 1.29 is 9.59 Å². The average molecular weight is 424 g/mol. The smallest absolute Gasteiger partial charge is 0.246 e. The highest BCUT2D eigenvalue weighted by Crippen LogP contribution is 2.29. The number of nitrogens with zero attached hydrogens (tertiary/aromatic N) is 5. The van der Waals surface area contributed by atoms with Crippen molar-refractivity contribution >= 4 is 17.5 Å². The first-order valence-electron chi connectivity index (χ1n) is 10.7. The molecule has 4 rings (SSSR count). The number of carbonyl (C=O) groups excluding carboxylic acids is 2. The highest BCUT2D eigenvalue weighted by molar-refractivity contribution is 5.99. The van der Waals surface area contributed by atoms with E-state index < -0.39 is 11.6 Å². The van der Waals surface area contributed by atoms with Crippen LogP contribution in [0.2, 0.25) is 0 Å². The Morgan fingerprint density at radius 3 is 2.65 bits per heavy atom. The van der Waals surface area contributed by atoms with Crippen LogP contribution >= 0.6 is 0 Å². The molecule has 1 atom stereocenters. The molecule has 164 valence electrons. The normalized spacial score (nSPS) is 21.7. The van der Waals surface area contributed by atoms with Gasteiger partial charge in [0.05, 0.1) is 5.69 Å². The Labute approximate surface area is 181 Å². The van der Waals surface area contributed by atoms with E-state index in [1.165, 1.54) is 0 Å². The van der Waals surface area contributed by atoms with Crippen LogP contribution in [-0.4, -0.2) is 56.0 Å². The Balaban J connectivity index is 1.55. The standard InChI is InChI=1S/C22H29N7O2/c1-14-19(30)26-22(20(31)24-14)6-9-28(10-7-22)13-17-16(11-21(2,3)4)18-25-15(12-23)5-8-29(18)27-17/h5,8,14H,6-7,9-11,13H2,1-4H3,(H,24,31)(H,26,30). The first-order valence-corrected chi connectivity index (χ1v) is 10.7. The minimum absolute atomic E-state index is 0.0374. The first-order chi connectivity index (χ1) is 14.6. The number of nitrogens with one attached hydrogen (secondary N) is 2. The molecule has 0 saturated carbocycles. The molecule has 1 spiro atoms. The zero-order chi connectivity index (χ0) is 22.4. The number of carbonyl (C=O) groups is 2. The van der Waals surface area contributed by atoms with Crippen molar-refractivity contribution in [1.29, 1.82) is 5.26 Å². The zero-order valence-electron chi connectivity index (χ0n) is 18.5. The lowest BCUT2D eigenvalue weighted by Crippen LogP contribution is -2.71. The van der Waals surface area contributed by atoms with Crippen molar-refractivity contribution in [3.63, 3.8) is 0 Å². The third-order valence-corrected chi connectivity index (χ3v) is 6.11. The number of aromatic nitrogens is 3. The molecule has 2 fully saturated rings. The Kier molecular flexibility index (Phi) is 5.21. The number of hydrogen-bond donors (Lipinski definition) is 2. The number of piperidine rings is 1. The lowest BCUT2D eigenvalue weighted by molar-refractivity contribution is -0.143. The Bertz CT molecular complexity index is 1070. The van der Waals surface area contributed by atoms with Crippen molar-refractivity contribution in [2.24, 2.45) is 5.41 Å². The summed E-state index contributed by atoms with van der Waals surface area (Å²) in [5.41, 5.74) is 2.33. The quantitative estimate of drug-likeness (QED) is 0.765. The van der Waals surface area contributed by atoms with Crippen molar-refractivity contribution in [1.82, 2.24) is 30.1 Å². The lowest BCUT2D eigenvalue weighted by Gasteiger charge is -2.44. The van der Waals surface area contributed by atoms with Gasteiger partial charge in [-0.25, -0.2) is 9.50 Å². The van der Waals surface area contributed by atoms with E-state index in [-0.39, 0.29) is 17.2 Å². The van der Waals surface area contributed by atoms with Gasteiger partial charge in [-0.1, -0.05) is 20.8 Å². The van der Waals surface area contributed by atoms with Gasteiger partial charge in [-0.2, -0.15) is 10.4 Å². The fourth-order valence-electron chi connectivity index (χ4n) is 4.38. The molecular weight excluding hydrogens is 394 g/mol. The van der Waals surface area contributed by atoms with Crippen LogP contribution in [0.3, 0.4) is 0 Å². The average Bonchev–Trinajstić information content (AvgIpc) is 3.03. The second kappa shape index (κ2) is 7.61. The lowest BCUT2D eigenvalue weighted by atomic mass is 9.84. The second-order valence-corrected chi connectivity index (χ2v) is 9.90. The van der Waals surface area contributed by atoms with Crippen molar-refractivity contribution in [2.45, 2.75) is 65.1 Å². The van der Waals surface area contributed by atoms with Crippen LogP contribution < -0.4 is 10.6 Å². The molecule has 2 saturated heterocycles. The molecule has 2 aliphatic heterocycles. The molecule has 2 aliphatic rings. The summed E-state index contributed by atoms with van der Waals surface area (Å²) in [5.74, 6) is -0.214. The van der Waals surface area contributed by atoms with Crippen LogP contribution in [0.4, 0.5) is 0 Å². The van der Waals surface area contributed by atoms with Gasteiger partial charge >= 0.3 is 0 Å². The summed E-state index contributed by atoms with van der Waals surface area (Å²) in [6.07, 6.45) is 3.71. The van der Waals surface area contributed by atoms with Crippen LogP contribution in [0.5, 0.6) is 0 Å². The molecule has 4 heterocycles. The maximum atomic E-state index is 12.6. The van der Waals surface area contributed by atoms with Gasteiger partial charge in [0.2, 0.25) is 11.8 Å². The third-order valence-electron chi connectivity index (χ3n) is 6.11. The van der Waals surface area contributed by atoms with E-state index in [1.54, 1.807) is 23.7 Å². The molecule has 2 aromatic rings. The molecule has 9 nitrogen and oxygen atoms in total. The number of piperazine rings is 1. The summed E-state index contributed by atoms with van der Waals surface area (Å²) in [7, 11) is 0. The molecule has 2 N–H and O–H groups in total. The highest BCUT2D eigenvalue weighted by Gasteiger charge is 2.47. The molecule has 0 aliphatic carbocycles. The van der Waals surface area contributed by atoms with Crippen molar-refractivity contribution in [2.75, 3.05) is 13.1 Å². The van der Waals surface area contributed by atoms with Gasteiger partial charge in [0.1, 0.15) is 23.3 Å².